The summed E-state index contributed by atoms with van der Waals surface area (Å²) in [5.74, 6) is -0.723. The van der Waals surface area contributed by atoms with Crippen LogP contribution in [0, 0.1) is 5.92 Å². The number of alkyl halides is 3. The molecule has 1 aliphatic heterocycles. The van der Waals surface area contributed by atoms with E-state index in [1.165, 1.54) is 48.7 Å². The number of hydrogen-bond acceptors (Lipinski definition) is 5. The van der Waals surface area contributed by atoms with Crippen LogP contribution in [0.1, 0.15) is 18.4 Å². The molecule has 2 N–H and O–H groups in total. The Morgan fingerprint density at radius 2 is 1.57 bits per heavy atom. The van der Waals surface area contributed by atoms with Crippen LogP contribution in [0.25, 0.3) is 0 Å². The van der Waals surface area contributed by atoms with Crippen molar-refractivity contribution >= 4 is 37.5 Å². The number of halogens is 3. The smallest absolute Gasteiger partial charge is 0.326 e. The van der Waals surface area contributed by atoms with Crippen LogP contribution in [-0.2, 0) is 31.2 Å². The molecule has 0 spiro atoms. The fourth-order valence-electron chi connectivity index (χ4n) is 3.51. The third-order valence-corrected chi connectivity index (χ3v) is 8.82. The number of sulfonamides is 1. The minimum atomic E-state index is -4.61. The zero-order valence-corrected chi connectivity index (χ0v) is 20.5. The van der Waals surface area contributed by atoms with Gasteiger partial charge in [-0.15, -0.1) is 0 Å². The lowest BCUT2D eigenvalue weighted by atomic mass is 9.97. The largest absolute Gasteiger partial charge is 0.416 e. The van der Waals surface area contributed by atoms with Crippen LogP contribution >= 0.6 is 0 Å². The van der Waals surface area contributed by atoms with Crippen LogP contribution in [0.4, 0.5) is 24.5 Å². The highest BCUT2D eigenvalue weighted by atomic mass is 32.2. The Hall–Kier alpha value is -2.68. The van der Waals surface area contributed by atoms with Crippen LogP contribution in [-0.4, -0.2) is 58.5 Å². The molecule has 1 amide bonds. The van der Waals surface area contributed by atoms with Crippen molar-refractivity contribution in [2.75, 3.05) is 37.2 Å². The van der Waals surface area contributed by atoms with Crippen molar-refractivity contribution in [1.29, 1.82) is 0 Å². The maximum Gasteiger partial charge on any atom is 0.416 e. The van der Waals surface area contributed by atoms with Gasteiger partial charge in [0.25, 0.3) is 20.2 Å². The number of nitrogens with zero attached hydrogens (tertiary/aromatic N) is 2. The number of nitrogens with one attached hydrogen (secondary N) is 2. The summed E-state index contributed by atoms with van der Waals surface area (Å²) >= 11 is 0. The summed E-state index contributed by atoms with van der Waals surface area (Å²) in [6, 6.07) is 9.00. The number of amides is 1. The van der Waals surface area contributed by atoms with E-state index in [-0.39, 0.29) is 29.6 Å². The number of piperidine rings is 1. The average Bonchev–Trinajstić information content (AvgIpc) is 2.78. The molecule has 0 unspecified atom stereocenters. The Labute approximate surface area is 202 Å². The molecule has 35 heavy (non-hydrogen) atoms. The van der Waals surface area contributed by atoms with Gasteiger partial charge in [0.2, 0.25) is 5.91 Å². The van der Waals surface area contributed by atoms with Crippen LogP contribution in [0.2, 0.25) is 0 Å². The van der Waals surface area contributed by atoms with E-state index < -0.39 is 37.9 Å². The molecular formula is C21H25F3N4O5S2. The highest BCUT2D eigenvalue weighted by Gasteiger charge is 2.32. The summed E-state index contributed by atoms with van der Waals surface area (Å²) in [5, 5.41) is 2.68. The van der Waals surface area contributed by atoms with E-state index in [1.54, 1.807) is 0 Å². The van der Waals surface area contributed by atoms with Crippen molar-refractivity contribution in [3.05, 3.63) is 54.1 Å². The summed E-state index contributed by atoms with van der Waals surface area (Å²) in [5.41, 5.74) is -0.892. The minimum Gasteiger partial charge on any atom is -0.326 e. The first-order chi connectivity index (χ1) is 16.2. The van der Waals surface area contributed by atoms with Crippen molar-refractivity contribution in [2.24, 2.45) is 5.92 Å². The van der Waals surface area contributed by atoms with Crippen LogP contribution < -0.4 is 10.0 Å². The summed E-state index contributed by atoms with van der Waals surface area (Å²) in [7, 11) is -4.83. The molecule has 1 aliphatic rings. The van der Waals surface area contributed by atoms with Crippen molar-refractivity contribution in [3.8, 4) is 0 Å². The fraction of sp³-hybridized carbons (Fsp3) is 0.381. The van der Waals surface area contributed by atoms with E-state index in [1.807, 2.05) is 0 Å². The van der Waals surface area contributed by atoms with Crippen molar-refractivity contribution in [3.63, 3.8) is 0 Å². The van der Waals surface area contributed by atoms with E-state index in [0.29, 0.717) is 24.6 Å². The molecule has 192 valence electrons. The Morgan fingerprint density at radius 1 is 0.971 bits per heavy atom. The monoisotopic (exact) mass is 534 g/mol. The maximum absolute atomic E-state index is 12.9. The van der Waals surface area contributed by atoms with Gasteiger partial charge in [0, 0.05) is 44.5 Å². The van der Waals surface area contributed by atoms with Gasteiger partial charge >= 0.3 is 6.18 Å². The van der Waals surface area contributed by atoms with Gasteiger partial charge in [-0.05, 0) is 55.3 Å². The number of carbonyl (C=O) groups is 1. The summed E-state index contributed by atoms with van der Waals surface area (Å²) < 4.78 is 92.7. The van der Waals surface area contributed by atoms with Gasteiger partial charge in [-0.3, -0.25) is 9.52 Å². The Balaban J connectivity index is 1.61. The first-order valence-electron chi connectivity index (χ1n) is 10.5. The summed E-state index contributed by atoms with van der Waals surface area (Å²) in [4.78, 5) is 12.4. The molecule has 0 bridgehead atoms. The van der Waals surface area contributed by atoms with Crippen LogP contribution in [0.3, 0.4) is 0 Å². The Morgan fingerprint density at radius 3 is 2.11 bits per heavy atom. The third kappa shape index (κ3) is 6.51. The highest BCUT2D eigenvalue weighted by Crippen LogP contribution is 2.31. The average molecular weight is 535 g/mol. The highest BCUT2D eigenvalue weighted by molar-refractivity contribution is 7.92. The van der Waals surface area contributed by atoms with Crippen LogP contribution in [0.5, 0.6) is 0 Å². The first-order valence-corrected chi connectivity index (χ1v) is 13.4. The van der Waals surface area contributed by atoms with Crippen molar-refractivity contribution in [2.45, 2.75) is 23.9 Å². The molecule has 1 heterocycles. The zero-order valence-electron chi connectivity index (χ0n) is 18.9. The zero-order chi connectivity index (χ0) is 26.0. The van der Waals surface area contributed by atoms with E-state index in [9.17, 15) is 34.8 Å². The van der Waals surface area contributed by atoms with Crippen LogP contribution in [0.15, 0.2) is 53.4 Å². The lowest BCUT2D eigenvalue weighted by molar-refractivity contribution is -0.137. The lowest BCUT2D eigenvalue weighted by Crippen LogP contribution is -2.46. The Bertz CT molecular complexity index is 1270. The molecule has 0 radical (unpaired) electrons. The summed E-state index contributed by atoms with van der Waals surface area (Å²) in [6.45, 7) is 0.411. The SMILES string of the molecule is CN(C)S(=O)(=O)N1CCC(C(=O)Nc2ccc(S(=O)(=O)Nc3cccc(C(F)(F)F)c3)cc2)CC1. The molecule has 0 saturated carbocycles. The predicted octanol–water partition coefficient (Wildman–Crippen LogP) is 2.96. The van der Waals surface area contributed by atoms with Crippen molar-refractivity contribution < 1.29 is 34.8 Å². The molecule has 9 nitrogen and oxygen atoms in total. The summed E-state index contributed by atoms with van der Waals surface area (Å²) in [6.07, 6.45) is -3.93. The Kier molecular flexibility index (Phi) is 7.79. The first kappa shape index (κ1) is 26.9. The second-order valence-corrected chi connectivity index (χ2v) is 12.0. The van der Waals surface area contributed by atoms with E-state index in [0.717, 1.165) is 16.4 Å². The molecule has 1 saturated heterocycles. The normalized spacial score (nSPS) is 16.3. The number of hydrogen-bond donors (Lipinski definition) is 2. The van der Waals surface area contributed by atoms with Gasteiger partial charge in [-0.2, -0.15) is 30.2 Å². The molecule has 0 aliphatic carbocycles. The molecule has 1 fully saturated rings. The van der Waals surface area contributed by atoms with Gasteiger partial charge in [-0.25, -0.2) is 8.42 Å². The van der Waals surface area contributed by atoms with Gasteiger partial charge in [0.15, 0.2) is 0 Å². The predicted molar refractivity (Wildman–Crippen MR) is 124 cm³/mol. The number of rotatable bonds is 7. The minimum absolute atomic E-state index is 0.199. The van der Waals surface area contributed by atoms with Gasteiger partial charge in [-0.1, -0.05) is 6.07 Å². The standard InChI is InChI=1S/C21H25F3N4O5S2/c1-27(2)35(32,33)28-12-10-15(11-13-28)20(29)25-17-6-8-19(9-7-17)34(30,31)26-18-5-3-4-16(14-18)21(22,23)24/h3-9,14-15,26H,10-13H2,1-2H3,(H,25,29). The van der Waals surface area contributed by atoms with Gasteiger partial charge in [0.1, 0.15) is 0 Å². The molecule has 0 aromatic heterocycles. The number of anilines is 2. The second kappa shape index (κ2) is 10.1. The molecule has 3 rings (SSSR count). The topological polar surface area (TPSA) is 116 Å². The number of carbonyl (C=O) groups excluding carboxylic acids is 1. The molecule has 0 atom stereocenters. The van der Waals surface area contributed by atoms with Crippen molar-refractivity contribution in [1.82, 2.24) is 8.61 Å². The van der Waals surface area contributed by atoms with Gasteiger partial charge < -0.3 is 5.32 Å². The van der Waals surface area contributed by atoms with E-state index in [4.69, 9.17) is 0 Å². The maximum atomic E-state index is 12.9. The molecule has 2 aromatic rings. The fourth-order valence-corrected chi connectivity index (χ4v) is 5.70. The number of benzene rings is 2. The molecular weight excluding hydrogens is 509 g/mol. The lowest BCUT2D eigenvalue weighted by Gasteiger charge is -2.32. The molecule has 2 aromatic carbocycles. The van der Waals surface area contributed by atoms with E-state index in [2.05, 4.69) is 10.0 Å². The second-order valence-electron chi connectivity index (χ2n) is 8.16. The molecule has 14 heteroatoms. The van der Waals surface area contributed by atoms with E-state index >= 15 is 0 Å². The van der Waals surface area contributed by atoms with Gasteiger partial charge in [0.05, 0.1) is 10.5 Å². The third-order valence-electron chi connectivity index (χ3n) is 5.49. The quantitative estimate of drug-likeness (QED) is 0.567.